The molecule has 7 heteroatoms. The molecule has 0 bridgehead atoms. The first-order valence-electron chi connectivity index (χ1n) is 9.14. The number of benzene rings is 1. The molecule has 2 aliphatic heterocycles. The molecule has 1 aromatic heterocycles. The lowest BCUT2D eigenvalue weighted by atomic mass is 10.0. The highest BCUT2D eigenvalue weighted by atomic mass is 19.1. The Morgan fingerprint density at radius 2 is 1.70 bits per heavy atom. The van der Waals surface area contributed by atoms with Gasteiger partial charge in [-0.15, -0.1) is 0 Å². The first-order valence-corrected chi connectivity index (χ1v) is 9.14. The molecule has 0 saturated carbocycles. The third kappa shape index (κ3) is 3.34. The van der Waals surface area contributed by atoms with Crippen molar-refractivity contribution in [1.29, 1.82) is 0 Å². The number of amides is 1. The highest BCUT2D eigenvalue weighted by Gasteiger charge is 2.42. The number of likely N-dealkylation sites (tertiary alicyclic amines) is 1. The molecule has 0 unspecified atom stereocenters. The van der Waals surface area contributed by atoms with Crippen LogP contribution in [0.15, 0.2) is 24.3 Å². The van der Waals surface area contributed by atoms with Crippen LogP contribution in [-0.2, 0) is 0 Å². The van der Waals surface area contributed by atoms with Crippen molar-refractivity contribution in [2.45, 2.75) is 13.8 Å². The number of carbonyl (C=O) groups excluding carboxylic acids is 1. The zero-order chi connectivity index (χ0) is 19.1. The summed E-state index contributed by atoms with van der Waals surface area (Å²) in [7, 11) is 1.48. The molecule has 2 saturated heterocycles. The van der Waals surface area contributed by atoms with Crippen LogP contribution in [0.3, 0.4) is 0 Å². The standard InChI is InChI=1S/C20H23FN4O2/c1-12-6-13(2)23-20(22-12)25-10-14-8-24(9-15(14)11-25)19(26)17-5-4-16(27-3)7-18(17)21/h4-7,14-15H,8-11H2,1-3H3/t14-,15+. The predicted octanol–water partition coefficient (Wildman–Crippen LogP) is 2.45. The molecule has 2 aliphatic rings. The van der Waals surface area contributed by atoms with Gasteiger partial charge < -0.3 is 14.5 Å². The summed E-state index contributed by atoms with van der Waals surface area (Å²) in [4.78, 5) is 25.8. The van der Waals surface area contributed by atoms with E-state index in [1.165, 1.54) is 19.2 Å². The molecule has 0 radical (unpaired) electrons. The van der Waals surface area contributed by atoms with Crippen molar-refractivity contribution in [2.75, 3.05) is 38.2 Å². The number of hydrogen-bond acceptors (Lipinski definition) is 5. The third-order valence-corrected chi connectivity index (χ3v) is 5.43. The molecular formula is C20H23FN4O2. The maximum atomic E-state index is 14.2. The van der Waals surface area contributed by atoms with Crippen molar-refractivity contribution >= 4 is 11.9 Å². The second-order valence-electron chi connectivity index (χ2n) is 7.43. The minimum Gasteiger partial charge on any atom is -0.497 e. The molecule has 1 amide bonds. The summed E-state index contributed by atoms with van der Waals surface area (Å²) >= 11 is 0. The Morgan fingerprint density at radius 3 is 2.26 bits per heavy atom. The number of aromatic nitrogens is 2. The minimum atomic E-state index is -0.540. The first-order chi connectivity index (χ1) is 12.9. The van der Waals surface area contributed by atoms with Crippen LogP contribution in [0.25, 0.3) is 0 Å². The average Bonchev–Trinajstić information content (AvgIpc) is 3.19. The van der Waals surface area contributed by atoms with E-state index in [0.29, 0.717) is 30.7 Å². The van der Waals surface area contributed by atoms with E-state index in [4.69, 9.17) is 4.74 Å². The maximum absolute atomic E-state index is 14.2. The number of ether oxygens (including phenoxy) is 1. The molecule has 0 aliphatic carbocycles. The zero-order valence-corrected chi connectivity index (χ0v) is 15.8. The lowest BCUT2D eigenvalue weighted by molar-refractivity contribution is 0.0778. The van der Waals surface area contributed by atoms with Gasteiger partial charge in [-0.05, 0) is 32.0 Å². The maximum Gasteiger partial charge on any atom is 0.256 e. The smallest absolute Gasteiger partial charge is 0.256 e. The van der Waals surface area contributed by atoms with E-state index in [0.717, 1.165) is 30.4 Å². The highest BCUT2D eigenvalue weighted by molar-refractivity contribution is 5.94. The molecule has 6 nitrogen and oxygen atoms in total. The van der Waals surface area contributed by atoms with Gasteiger partial charge in [0, 0.05) is 55.5 Å². The van der Waals surface area contributed by atoms with Gasteiger partial charge in [-0.25, -0.2) is 14.4 Å². The summed E-state index contributed by atoms with van der Waals surface area (Å²) in [6.07, 6.45) is 0. The second-order valence-corrected chi connectivity index (χ2v) is 7.43. The number of nitrogens with zero attached hydrogens (tertiary/aromatic N) is 4. The number of halogens is 1. The lowest BCUT2D eigenvalue weighted by Gasteiger charge is -2.22. The number of hydrogen-bond donors (Lipinski definition) is 0. The number of anilines is 1. The van der Waals surface area contributed by atoms with E-state index in [9.17, 15) is 9.18 Å². The van der Waals surface area contributed by atoms with Gasteiger partial charge in [0.05, 0.1) is 12.7 Å². The van der Waals surface area contributed by atoms with E-state index in [1.54, 1.807) is 11.0 Å². The quantitative estimate of drug-likeness (QED) is 0.831. The normalized spacial score (nSPS) is 21.5. The fourth-order valence-corrected chi connectivity index (χ4v) is 4.14. The molecule has 27 heavy (non-hydrogen) atoms. The summed E-state index contributed by atoms with van der Waals surface area (Å²) in [6.45, 7) is 6.86. The van der Waals surface area contributed by atoms with Gasteiger partial charge in [0.2, 0.25) is 5.95 Å². The molecule has 4 rings (SSSR count). The Kier molecular flexibility index (Phi) is 4.45. The van der Waals surface area contributed by atoms with Gasteiger partial charge in [-0.1, -0.05) is 0 Å². The van der Waals surface area contributed by atoms with Crippen LogP contribution in [0, 0.1) is 31.5 Å². The van der Waals surface area contributed by atoms with Crippen molar-refractivity contribution in [3.8, 4) is 5.75 Å². The molecule has 142 valence electrons. The predicted molar refractivity (Wildman–Crippen MR) is 99.6 cm³/mol. The summed E-state index contributed by atoms with van der Waals surface area (Å²) in [5, 5.41) is 0. The third-order valence-electron chi connectivity index (χ3n) is 5.43. The van der Waals surface area contributed by atoms with Gasteiger partial charge in [-0.3, -0.25) is 4.79 Å². The number of fused-ring (bicyclic) bond motifs is 1. The van der Waals surface area contributed by atoms with Gasteiger partial charge in [-0.2, -0.15) is 0 Å². The Bertz CT molecular complexity index is 854. The van der Waals surface area contributed by atoms with E-state index in [2.05, 4.69) is 14.9 Å². The van der Waals surface area contributed by atoms with Crippen LogP contribution >= 0.6 is 0 Å². The molecule has 2 atom stereocenters. The van der Waals surface area contributed by atoms with Gasteiger partial charge in [0.1, 0.15) is 11.6 Å². The number of methoxy groups -OCH3 is 1. The zero-order valence-electron chi connectivity index (χ0n) is 15.8. The Morgan fingerprint density at radius 1 is 1.07 bits per heavy atom. The van der Waals surface area contributed by atoms with E-state index in [-0.39, 0.29) is 11.5 Å². The fraction of sp³-hybridized carbons (Fsp3) is 0.450. The summed E-state index contributed by atoms with van der Waals surface area (Å²) in [6, 6.07) is 6.33. The van der Waals surface area contributed by atoms with Crippen molar-refractivity contribution in [1.82, 2.24) is 14.9 Å². The number of aryl methyl sites for hydroxylation is 2. The van der Waals surface area contributed by atoms with Crippen LogP contribution in [0.2, 0.25) is 0 Å². The number of carbonyl (C=O) groups is 1. The monoisotopic (exact) mass is 370 g/mol. The largest absolute Gasteiger partial charge is 0.497 e. The SMILES string of the molecule is COc1ccc(C(=O)N2C[C@@H]3CN(c4nc(C)cc(C)n4)C[C@@H]3C2)c(F)c1. The molecule has 0 N–H and O–H groups in total. The summed E-state index contributed by atoms with van der Waals surface area (Å²) in [5.41, 5.74) is 2.02. The molecular weight excluding hydrogens is 347 g/mol. The van der Waals surface area contributed by atoms with Crippen molar-refractivity contribution in [3.63, 3.8) is 0 Å². The first kappa shape index (κ1) is 17.7. The van der Waals surface area contributed by atoms with E-state index >= 15 is 0 Å². The van der Waals surface area contributed by atoms with Gasteiger partial charge in [0.25, 0.3) is 5.91 Å². The molecule has 0 spiro atoms. The van der Waals surface area contributed by atoms with Crippen LogP contribution in [-0.4, -0.2) is 54.1 Å². The van der Waals surface area contributed by atoms with E-state index < -0.39 is 5.82 Å². The Labute approximate surface area is 158 Å². The van der Waals surface area contributed by atoms with Crippen LogP contribution in [0.1, 0.15) is 21.7 Å². The average molecular weight is 370 g/mol. The Hall–Kier alpha value is -2.70. The van der Waals surface area contributed by atoms with Gasteiger partial charge in [0.15, 0.2) is 0 Å². The van der Waals surface area contributed by atoms with Crippen LogP contribution in [0.5, 0.6) is 5.75 Å². The Balaban J connectivity index is 1.44. The van der Waals surface area contributed by atoms with E-state index in [1.807, 2.05) is 19.9 Å². The molecule has 3 heterocycles. The highest BCUT2D eigenvalue weighted by Crippen LogP contribution is 2.34. The second kappa shape index (κ2) is 6.79. The van der Waals surface area contributed by atoms with Gasteiger partial charge >= 0.3 is 0 Å². The molecule has 2 aromatic rings. The summed E-state index contributed by atoms with van der Waals surface area (Å²) in [5.74, 6) is 1.10. The topological polar surface area (TPSA) is 58.6 Å². The summed E-state index contributed by atoms with van der Waals surface area (Å²) < 4.78 is 19.2. The lowest BCUT2D eigenvalue weighted by Crippen LogP contribution is -2.34. The van der Waals surface area contributed by atoms with Crippen LogP contribution < -0.4 is 9.64 Å². The van der Waals surface area contributed by atoms with Crippen molar-refractivity contribution in [3.05, 3.63) is 47.0 Å². The van der Waals surface area contributed by atoms with Crippen molar-refractivity contribution < 1.29 is 13.9 Å². The number of rotatable bonds is 3. The van der Waals surface area contributed by atoms with Crippen molar-refractivity contribution in [2.24, 2.45) is 11.8 Å². The molecule has 1 aromatic carbocycles. The molecule has 2 fully saturated rings. The minimum absolute atomic E-state index is 0.102. The fourth-order valence-electron chi connectivity index (χ4n) is 4.14. The van der Waals surface area contributed by atoms with Crippen LogP contribution in [0.4, 0.5) is 10.3 Å².